The van der Waals surface area contributed by atoms with E-state index in [1.807, 2.05) is 0 Å². The van der Waals surface area contributed by atoms with Gasteiger partial charge in [0.2, 0.25) is 0 Å². The van der Waals surface area contributed by atoms with Gasteiger partial charge in [-0.25, -0.2) is 9.59 Å². The molecular formula is C14H16N2O6. The molecule has 2 atom stereocenters. The van der Waals surface area contributed by atoms with E-state index in [0.717, 1.165) is 0 Å². The summed E-state index contributed by atoms with van der Waals surface area (Å²) in [6.45, 7) is -0.505. The summed E-state index contributed by atoms with van der Waals surface area (Å²) in [5.41, 5.74) is 0.892. The molecule has 0 aliphatic rings. The fraction of sp³-hybridized carbons (Fsp3) is 0.286. The van der Waals surface area contributed by atoms with Crippen LogP contribution in [-0.4, -0.2) is 40.9 Å². The molecule has 8 nitrogen and oxygen atoms in total. The fourth-order valence-corrected chi connectivity index (χ4v) is 1.89. The number of carboxylic acids is 1. The molecule has 0 bridgehead atoms. The number of carboxylic acid groups (broad SMARTS) is 1. The minimum Gasteiger partial charge on any atom is -0.479 e. The van der Waals surface area contributed by atoms with Crippen LogP contribution in [0.1, 0.15) is 23.6 Å². The molecule has 2 heterocycles. The lowest BCUT2D eigenvalue weighted by Gasteiger charge is -2.15. The maximum Gasteiger partial charge on any atom is 0.343 e. The molecule has 3 N–H and O–H groups in total. The number of methoxy groups -OCH3 is 1. The van der Waals surface area contributed by atoms with Crippen LogP contribution in [0.2, 0.25) is 0 Å². The average Bonchev–Trinajstić information content (AvgIpc) is 3.17. The van der Waals surface area contributed by atoms with Crippen LogP contribution in [0.3, 0.4) is 0 Å². The molecule has 0 aromatic carbocycles. The van der Waals surface area contributed by atoms with Crippen LogP contribution in [0.4, 0.5) is 0 Å². The molecule has 8 heteroatoms. The van der Waals surface area contributed by atoms with Gasteiger partial charge in [0.05, 0.1) is 11.4 Å². The van der Waals surface area contributed by atoms with Gasteiger partial charge in [0.1, 0.15) is 0 Å². The maximum absolute atomic E-state index is 11.9. The zero-order chi connectivity index (χ0) is 15.9. The molecule has 0 saturated heterocycles. The lowest BCUT2D eigenvalue weighted by Crippen LogP contribution is -2.22. The number of hydrogen-bond acceptors (Lipinski definition) is 5. The number of ether oxygens (including phenoxy) is 3. The largest absolute Gasteiger partial charge is 0.479 e. The van der Waals surface area contributed by atoms with Crippen molar-refractivity contribution in [3.8, 4) is 0 Å². The van der Waals surface area contributed by atoms with Crippen molar-refractivity contribution in [3.63, 3.8) is 0 Å². The predicted octanol–water partition coefficient (Wildman–Crippen LogP) is 1.37. The van der Waals surface area contributed by atoms with Crippen LogP contribution >= 0.6 is 0 Å². The summed E-state index contributed by atoms with van der Waals surface area (Å²) in [5, 5.41) is 9.10. The smallest absolute Gasteiger partial charge is 0.343 e. The molecule has 0 aliphatic carbocycles. The summed E-state index contributed by atoms with van der Waals surface area (Å²) < 4.78 is 15.1. The van der Waals surface area contributed by atoms with E-state index in [2.05, 4.69) is 9.97 Å². The summed E-state index contributed by atoms with van der Waals surface area (Å²) in [7, 11) is 1.37. The SMILES string of the molecule is CO[C@@H](C(=O)OCO[C@H](C(=O)O)c1ccc[nH]1)c1ccc[nH]1. The summed E-state index contributed by atoms with van der Waals surface area (Å²) in [6.07, 6.45) is 1.06. The van der Waals surface area contributed by atoms with E-state index in [1.54, 1.807) is 36.7 Å². The van der Waals surface area contributed by atoms with E-state index < -0.39 is 30.9 Å². The number of aromatic amines is 2. The Balaban J connectivity index is 1.89. The lowest BCUT2D eigenvalue weighted by molar-refractivity contribution is -0.180. The number of nitrogens with one attached hydrogen (secondary N) is 2. The van der Waals surface area contributed by atoms with Crippen molar-refractivity contribution in [1.82, 2.24) is 9.97 Å². The monoisotopic (exact) mass is 308 g/mol. The first-order valence-electron chi connectivity index (χ1n) is 6.44. The van der Waals surface area contributed by atoms with Crippen LogP contribution < -0.4 is 0 Å². The van der Waals surface area contributed by atoms with Gasteiger partial charge < -0.3 is 29.3 Å². The molecule has 2 aromatic rings. The fourth-order valence-electron chi connectivity index (χ4n) is 1.89. The molecule has 118 valence electrons. The summed E-state index contributed by atoms with van der Waals surface area (Å²) >= 11 is 0. The molecule has 0 radical (unpaired) electrons. The first kappa shape index (κ1) is 15.8. The van der Waals surface area contributed by atoms with Crippen molar-refractivity contribution < 1.29 is 28.9 Å². The molecular weight excluding hydrogens is 292 g/mol. The highest BCUT2D eigenvalue weighted by molar-refractivity contribution is 5.76. The molecule has 22 heavy (non-hydrogen) atoms. The van der Waals surface area contributed by atoms with Crippen LogP contribution in [0.5, 0.6) is 0 Å². The van der Waals surface area contributed by atoms with Gasteiger partial charge in [-0.3, -0.25) is 0 Å². The second-order valence-corrected chi connectivity index (χ2v) is 4.33. The van der Waals surface area contributed by atoms with E-state index in [-0.39, 0.29) is 0 Å². The molecule has 0 spiro atoms. The van der Waals surface area contributed by atoms with Gasteiger partial charge in [-0.05, 0) is 24.3 Å². The Morgan fingerprint density at radius 3 is 2.18 bits per heavy atom. The third-order valence-electron chi connectivity index (χ3n) is 2.92. The van der Waals surface area contributed by atoms with Crippen LogP contribution in [0, 0.1) is 0 Å². The van der Waals surface area contributed by atoms with Crippen molar-refractivity contribution in [2.24, 2.45) is 0 Å². The Morgan fingerprint density at radius 1 is 1.14 bits per heavy atom. The minimum atomic E-state index is -1.24. The average molecular weight is 308 g/mol. The number of esters is 1. The number of aliphatic carboxylic acids is 1. The highest BCUT2D eigenvalue weighted by Gasteiger charge is 2.25. The number of carbonyl (C=O) groups excluding carboxylic acids is 1. The summed E-state index contributed by atoms with van der Waals surface area (Å²) in [6, 6.07) is 6.61. The van der Waals surface area contributed by atoms with Crippen LogP contribution in [0.15, 0.2) is 36.7 Å². The van der Waals surface area contributed by atoms with Crippen molar-refractivity contribution in [3.05, 3.63) is 48.0 Å². The van der Waals surface area contributed by atoms with E-state index in [1.165, 1.54) is 7.11 Å². The first-order valence-corrected chi connectivity index (χ1v) is 6.44. The highest BCUT2D eigenvalue weighted by atomic mass is 16.7. The minimum absolute atomic E-state index is 0.358. The lowest BCUT2D eigenvalue weighted by atomic mass is 10.2. The highest BCUT2D eigenvalue weighted by Crippen LogP contribution is 2.18. The van der Waals surface area contributed by atoms with E-state index in [0.29, 0.717) is 11.4 Å². The van der Waals surface area contributed by atoms with Crippen molar-refractivity contribution in [1.29, 1.82) is 0 Å². The molecule has 0 amide bonds. The van der Waals surface area contributed by atoms with E-state index in [4.69, 9.17) is 19.3 Å². The molecule has 2 rings (SSSR count). The Kier molecular flexibility index (Phi) is 5.34. The summed E-state index contributed by atoms with van der Waals surface area (Å²) in [4.78, 5) is 28.6. The van der Waals surface area contributed by atoms with Crippen molar-refractivity contribution >= 4 is 11.9 Å². The van der Waals surface area contributed by atoms with E-state index in [9.17, 15) is 9.59 Å². The molecule has 0 saturated carbocycles. The molecule has 0 aliphatic heterocycles. The zero-order valence-corrected chi connectivity index (χ0v) is 11.8. The number of rotatable bonds is 8. The number of H-pyrrole nitrogens is 2. The Morgan fingerprint density at radius 2 is 1.73 bits per heavy atom. The van der Waals surface area contributed by atoms with Gasteiger partial charge in [-0.15, -0.1) is 0 Å². The van der Waals surface area contributed by atoms with Gasteiger partial charge in [-0.2, -0.15) is 0 Å². The maximum atomic E-state index is 11.9. The van der Waals surface area contributed by atoms with Gasteiger partial charge in [0.15, 0.2) is 19.0 Å². The van der Waals surface area contributed by atoms with Gasteiger partial charge in [0.25, 0.3) is 0 Å². The molecule has 0 unspecified atom stereocenters. The quantitative estimate of drug-likeness (QED) is 0.501. The molecule has 0 fully saturated rings. The Labute approximate surface area is 126 Å². The zero-order valence-electron chi connectivity index (χ0n) is 11.8. The second kappa shape index (κ2) is 7.43. The normalized spacial score (nSPS) is 13.5. The van der Waals surface area contributed by atoms with Crippen LogP contribution in [-0.2, 0) is 23.8 Å². The van der Waals surface area contributed by atoms with E-state index >= 15 is 0 Å². The van der Waals surface area contributed by atoms with Crippen LogP contribution in [0.25, 0.3) is 0 Å². The Hall–Kier alpha value is -2.58. The number of hydrogen-bond donors (Lipinski definition) is 3. The topological polar surface area (TPSA) is 114 Å². The standard InChI is InChI=1S/C14H16N2O6/c1-20-12(10-5-3-7-16-10)14(19)22-8-21-11(13(17)18)9-4-2-6-15-9/h2-7,11-12,15-16H,8H2,1H3,(H,17,18)/t11-,12+/m0/s1. The number of aromatic nitrogens is 2. The van der Waals surface area contributed by atoms with Crippen molar-refractivity contribution in [2.45, 2.75) is 12.2 Å². The van der Waals surface area contributed by atoms with Gasteiger partial charge >= 0.3 is 11.9 Å². The summed E-state index contributed by atoms with van der Waals surface area (Å²) in [5.74, 6) is -1.87. The van der Waals surface area contributed by atoms with Gasteiger partial charge in [0, 0.05) is 19.5 Å². The second-order valence-electron chi connectivity index (χ2n) is 4.33. The molecule has 2 aromatic heterocycles. The van der Waals surface area contributed by atoms with Crippen molar-refractivity contribution in [2.75, 3.05) is 13.9 Å². The predicted molar refractivity (Wildman–Crippen MR) is 73.8 cm³/mol. The van der Waals surface area contributed by atoms with Gasteiger partial charge in [-0.1, -0.05) is 0 Å². The first-order chi connectivity index (χ1) is 10.6. The number of carbonyl (C=O) groups is 2. The third kappa shape index (κ3) is 3.74. The third-order valence-corrected chi connectivity index (χ3v) is 2.92. The Bertz CT molecular complexity index is 593.